The van der Waals surface area contributed by atoms with E-state index < -0.39 is 0 Å². The number of hydrogen-bond donors (Lipinski definition) is 1. The number of anilines is 1. The lowest BCUT2D eigenvalue weighted by Crippen LogP contribution is -2.24. The normalized spacial score (nSPS) is 17.3. The molecule has 1 N–H and O–H groups in total. The first-order valence-corrected chi connectivity index (χ1v) is 10.6. The SMILES string of the molecule is CC1CCc2c(sc3ncn(CCC(=O)Nc4ccc5c(c4)OCO5)c(=O)c23)C1. The average Bonchev–Trinajstić information content (AvgIpc) is 3.31. The topological polar surface area (TPSA) is 82.5 Å². The molecule has 1 aromatic carbocycles. The zero-order valence-corrected chi connectivity index (χ0v) is 16.9. The molecule has 150 valence electrons. The van der Waals surface area contributed by atoms with Crippen LogP contribution in [-0.4, -0.2) is 22.3 Å². The van der Waals surface area contributed by atoms with E-state index in [2.05, 4.69) is 17.2 Å². The number of fused-ring (bicyclic) bond motifs is 4. The second-order valence-electron chi connectivity index (χ2n) is 7.64. The molecule has 0 radical (unpaired) electrons. The molecule has 0 saturated carbocycles. The van der Waals surface area contributed by atoms with E-state index in [1.807, 2.05) is 0 Å². The Kier molecular flexibility index (Phi) is 4.50. The summed E-state index contributed by atoms with van der Waals surface area (Å²) < 4.78 is 12.1. The molecular weight excluding hydrogens is 390 g/mol. The standard InChI is InChI=1S/C21H21N3O4S/c1-12-2-4-14-17(8-12)29-20-19(14)21(26)24(10-22-20)7-6-18(25)23-13-3-5-15-16(9-13)28-11-27-15/h3,5,9-10,12H,2,4,6-8,11H2,1H3,(H,23,25). The highest BCUT2D eigenvalue weighted by atomic mass is 32.1. The van der Waals surface area contributed by atoms with Crippen LogP contribution in [0, 0.1) is 5.92 Å². The lowest BCUT2D eigenvalue weighted by molar-refractivity contribution is -0.116. The summed E-state index contributed by atoms with van der Waals surface area (Å²) in [5, 5.41) is 3.59. The predicted octanol–water partition coefficient (Wildman–Crippen LogP) is 3.34. The van der Waals surface area contributed by atoms with Crippen molar-refractivity contribution in [3.05, 3.63) is 45.3 Å². The summed E-state index contributed by atoms with van der Waals surface area (Å²) in [5.74, 6) is 1.77. The molecule has 0 fully saturated rings. The minimum atomic E-state index is -0.169. The van der Waals surface area contributed by atoms with Crippen LogP contribution in [0.1, 0.15) is 30.2 Å². The molecule has 7 nitrogen and oxygen atoms in total. The van der Waals surface area contributed by atoms with E-state index in [4.69, 9.17) is 9.47 Å². The van der Waals surface area contributed by atoms with Gasteiger partial charge in [-0.25, -0.2) is 4.98 Å². The quantitative estimate of drug-likeness (QED) is 0.712. The monoisotopic (exact) mass is 411 g/mol. The van der Waals surface area contributed by atoms with Gasteiger partial charge in [0, 0.05) is 29.6 Å². The van der Waals surface area contributed by atoms with Crippen molar-refractivity contribution in [2.24, 2.45) is 5.92 Å². The molecule has 0 saturated heterocycles. The van der Waals surface area contributed by atoms with Crippen molar-refractivity contribution in [3.63, 3.8) is 0 Å². The number of carbonyl (C=O) groups is 1. The van der Waals surface area contributed by atoms with E-state index in [1.165, 1.54) is 10.4 Å². The molecule has 8 heteroatoms. The van der Waals surface area contributed by atoms with Crippen LogP contribution >= 0.6 is 11.3 Å². The molecule has 1 unspecified atom stereocenters. The minimum absolute atomic E-state index is 0.0436. The van der Waals surface area contributed by atoms with Crippen molar-refractivity contribution in [2.45, 2.75) is 39.2 Å². The highest BCUT2D eigenvalue weighted by Gasteiger charge is 2.23. The zero-order valence-electron chi connectivity index (χ0n) is 16.1. The summed E-state index contributed by atoms with van der Waals surface area (Å²) >= 11 is 1.64. The Morgan fingerprint density at radius 2 is 2.21 bits per heavy atom. The van der Waals surface area contributed by atoms with Gasteiger partial charge in [0.25, 0.3) is 5.56 Å². The summed E-state index contributed by atoms with van der Waals surface area (Å²) in [6, 6.07) is 5.27. The van der Waals surface area contributed by atoms with Gasteiger partial charge in [-0.3, -0.25) is 14.2 Å². The first kappa shape index (κ1) is 18.2. The van der Waals surface area contributed by atoms with Crippen LogP contribution in [0.5, 0.6) is 11.5 Å². The molecule has 1 amide bonds. The van der Waals surface area contributed by atoms with Crippen molar-refractivity contribution >= 4 is 33.1 Å². The number of rotatable bonds is 4. The lowest BCUT2D eigenvalue weighted by atomic mass is 9.89. The first-order chi connectivity index (χ1) is 14.1. The highest BCUT2D eigenvalue weighted by molar-refractivity contribution is 7.18. The molecule has 1 atom stereocenters. The number of thiophene rings is 1. The Balaban J connectivity index is 1.31. The predicted molar refractivity (Wildman–Crippen MR) is 111 cm³/mol. The molecular formula is C21H21N3O4S. The van der Waals surface area contributed by atoms with Gasteiger partial charge in [0.1, 0.15) is 4.83 Å². The van der Waals surface area contributed by atoms with Crippen molar-refractivity contribution in [1.82, 2.24) is 9.55 Å². The number of ether oxygens (including phenoxy) is 2. The van der Waals surface area contributed by atoms with Gasteiger partial charge in [-0.2, -0.15) is 0 Å². The Morgan fingerprint density at radius 1 is 1.34 bits per heavy atom. The van der Waals surface area contributed by atoms with Crippen LogP contribution in [0.3, 0.4) is 0 Å². The Morgan fingerprint density at radius 3 is 3.10 bits per heavy atom. The second-order valence-corrected chi connectivity index (χ2v) is 8.72. The third-order valence-corrected chi connectivity index (χ3v) is 6.68. The number of nitrogens with one attached hydrogen (secondary N) is 1. The number of hydrogen-bond acceptors (Lipinski definition) is 6. The molecule has 0 spiro atoms. The van der Waals surface area contributed by atoms with E-state index in [0.717, 1.165) is 29.5 Å². The van der Waals surface area contributed by atoms with E-state index in [0.29, 0.717) is 29.6 Å². The third kappa shape index (κ3) is 3.37. The van der Waals surface area contributed by atoms with Crippen molar-refractivity contribution < 1.29 is 14.3 Å². The van der Waals surface area contributed by atoms with Crippen LogP contribution in [0.15, 0.2) is 29.3 Å². The molecule has 29 heavy (non-hydrogen) atoms. The molecule has 1 aliphatic heterocycles. The fourth-order valence-electron chi connectivity index (χ4n) is 3.95. The number of nitrogens with zero attached hydrogens (tertiary/aromatic N) is 2. The lowest BCUT2D eigenvalue weighted by Gasteiger charge is -2.17. The number of benzene rings is 1. The molecule has 3 aromatic rings. The van der Waals surface area contributed by atoms with Gasteiger partial charge >= 0.3 is 0 Å². The van der Waals surface area contributed by atoms with Gasteiger partial charge in [0.2, 0.25) is 12.7 Å². The summed E-state index contributed by atoms with van der Waals surface area (Å²) in [7, 11) is 0. The molecule has 3 heterocycles. The maximum Gasteiger partial charge on any atom is 0.262 e. The minimum Gasteiger partial charge on any atom is -0.454 e. The molecule has 5 rings (SSSR count). The molecule has 1 aliphatic carbocycles. The second kappa shape index (κ2) is 7.18. The number of aromatic nitrogens is 2. The summed E-state index contributed by atoms with van der Waals surface area (Å²) in [4.78, 5) is 32.0. The van der Waals surface area contributed by atoms with Crippen LogP contribution < -0.4 is 20.3 Å². The van der Waals surface area contributed by atoms with Gasteiger partial charge in [-0.15, -0.1) is 11.3 Å². The van der Waals surface area contributed by atoms with Crippen LogP contribution in [-0.2, 0) is 24.2 Å². The van der Waals surface area contributed by atoms with Crippen molar-refractivity contribution in [3.8, 4) is 11.5 Å². The summed E-state index contributed by atoms with van der Waals surface area (Å²) in [6.45, 7) is 2.73. The molecule has 2 aliphatic rings. The fraction of sp³-hybridized carbons (Fsp3) is 0.381. The van der Waals surface area contributed by atoms with E-state index in [-0.39, 0.29) is 24.7 Å². The van der Waals surface area contributed by atoms with Crippen LogP contribution in [0.25, 0.3) is 10.2 Å². The van der Waals surface area contributed by atoms with Crippen molar-refractivity contribution in [2.75, 3.05) is 12.1 Å². The zero-order chi connectivity index (χ0) is 20.0. The van der Waals surface area contributed by atoms with E-state index in [9.17, 15) is 9.59 Å². The largest absolute Gasteiger partial charge is 0.454 e. The highest BCUT2D eigenvalue weighted by Crippen LogP contribution is 2.36. The van der Waals surface area contributed by atoms with Crippen molar-refractivity contribution in [1.29, 1.82) is 0 Å². The first-order valence-electron chi connectivity index (χ1n) is 9.77. The van der Waals surface area contributed by atoms with E-state index in [1.54, 1.807) is 40.4 Å². The maximum atomic E-state index is 13.0. The number of aryl methyl sites for hydroxylation is 2. The van der Waals surface area contributed by atoms with Gasteiger partial charge in [-0.1, -0.05) is 6.92 Å². The van der Waals surface area contributed by atoms with Gasteiger partial charge in [0.05, 0.1) is 11.7 Å². The Bertz CT molecular complexity index is 1170. The smallest absolute Gasteiger partial charge is 0.262 e. The van der Waals surface area contributed by atoms with Gasteiger partial charge in [-0.05, 0) is 42.9 Å². The van der Waals surface area contributed by atoms with Crippen LogP contribution in [0.2, 0.25) is 0 Å². The van der Waals surface area contributed by atoms with Gasteiger partial charge < -0.3 is 14.8 Å². The van der Waals surface area contributed by atoms with Crippen LogP contribution in [0.4, 0.5) is 5.69 Å². The Hall–Kier alpha value is -2.87. The number of amides is 1. The van der Waals surface area contributed by atoms with Gasteiger partial charge in [0.15, 0.2) is 11.5 Å². The number of carbonyl (C=O) groups excluding carboxylic acids is 1. The fourth-order valence-corrected chi connectivity index (χ4v) is 5.29. The third-order valence-electron chi connectivity index (χ3n) is 5.52. The average molecular weight is 411 g/mol. The maximum absolute atomic E-state index is 13.0. The molecule has 0 bridgehead atoms. The summed E-state index contributed by atoms with van der Waals surface area (Å²) in [6.07, 6.45) is 4.80. The Labute approximate surface area is 171 Å². The summed E-state index contributed by atoms with van der Waals surface area (Å²) in [5.41, 5.74) is 1.76. The van der Waals surface area contributed by atoms with E-state index >= 15 is 0 Å². The molecule has 2 aromatic heterocycles.